The first-order valence-electron chi connectivity index (χ1n) is 6.59. The van der Waals surface area contributed by atoms with Crippen molar-refractivity contribution in [3.05, 3.63) is 41.7 Å². The van der Waals surface area contributed by atoms with Crippen molar-refractivity contribution in [2.75, 3.05) is 7.11 Å². The lowest BCUT2D eigenvalue weighted by Gasteiger charge is -2.17. The minimum atomic E-state index is -0.277. The minimum Gasteiger partial charge on any atom is -0.496 e. The average molecular weight is 278 g/mol. The number of aryl methyl sites for hydroxylation is 1. The number of aromatic nitrogens is 3. The Kier molecular flexibility index (Phi) is 4.68. The molecular formula is C14H19FN4O. The lowest BCUT2D eigenvalue weighted by Crippen LogP contribution is -2.22. The Labute approximate surface area is 117 Å². The molecule has 0 aliphatic carbocycles. The summed E-state index contributed by atoms with van der Waals surface area (Å²) in [4.78, 5) is 0. The highest BCUT2D eigenvalue weighted by atomic mass is 19.1. The third-order valence-electron chi connectivity index (χ3n) is 3.27. The maximum Gasteiger partial charge on any atom is 0.146 e. The van der Waals surface area contributed by atoms with Crippen molar-refractivity contribution in [3.63, 3.8) is 0 Å². The molecule has 0 aliphatic heterocycles. The van der Waals surface area contributed by atoms with E-state index in [0.717, 1.165) is 12.4 Å². The Morgan fingerprint density at radius 1 is 1.45 bits per heavy atom. The second-order valence-corrected chi connectivity index (χ2v) is 4.49. The first kappa shape index (κ1) is 14.5. The highest BCUT2D eigenvalue weighted by Crippen LogP contribution is 2.27. The van der Waals surface area contributed by atoms with Gasteiger partial charge >= 0.3 is 0 Å². The van der Waals surface area contributed by atoms with E-state index in [-0.39, 0.29) is 11.9 Å². The Morgan fingerprint density at radius 2 is 2.25 bits per heavy atom. The lowest BCUT2D eigenvalue weighted by atomic mass is 10.1. The number of nitrogens with zero attached hydrogens (tertiary/aromatic N) is 3. The minimum absolute atomic E-state index is 0.187. The lowest BCUT2D eigenvalue weighted by molar-refractivity contribution is 0.392. The summed E-state index contributed by atoms with van der Waals surface area (Å²) < 4.78 is 21.1. The van der Waals surface area contributed by atoms with Crippen molar-refractivity contribution in [2.24, 2.45) is 0 Å². The first-order valence-corrected chi connectivity index (χ1v) is 6.59. The molecule has 2 aromatic rings. The van der Waals surface area contributed by atoms with Crippen LogP contribution in [0.2, 0.25) is 0 Å². The van der Waals surface area contributed by atoms with E-state index >= 15 is 0 Å². The van der Waals surface area contributed by atoms with Crippen LogP contribution in [0.4, 0.5) is 4.39 Å². The van der Waals surface area contributed by atoms with Gasteiger partial charge in [0.05, 0.1) is 13.7 Å². The maximum absolute atomic E-state index is 13.9. The van der Waals surface area contributed by atoms with Gasteiger partial charge in [0.15, 0.2) is 0 Å². The zero-order valence-corrected chi connectivity index (χ0v) is 11.9. The number of halogens is 1. The normalized spacial score (nSPS) is 12.4. The van der Waals surface area contributed by atoms with Gasteiger partial charge in [0, 0.05) is 18.2 Å². The van der Waals surface area contributed by atoms with Crippen molar-refractivity contribution in [1.29, 1.82) is 0 Å². The highest BCUT2D eigenvalue weighted by molar-refractivity contribution is 5.36. The molecule has 108 valence electrons. The van der Waals surface area contributed by atoms with Crippen molar-refractivity contribution in [1.82, 2.24) is 20.1 Å². The SMILES string of the molecule is CCn1cnnc1CNC(C)c1c(F)cccc1OC. The molecule has 0 amide bonds. The predicted octanol–water partition coefficient (Wildman–Crippen LogP) is 2.30. The van der Waals surface area contributed by atoms with Gasteiger partial charge in [-0.2, -0.15) is 0 Å². The maximum atomic E-state index is 13.9. The van der Waals surface area contributed by atoms with Crippen LogP contribution in [0, 0.1) is 5.82 Å². The monoisotopic (exact) mass is 278 g/mol. The molecule has 5 nitrogen and oxygen atoms in total. The van der Waals surface area contributed by atoms with Crippen LogP contribution in [0.15, 0.2) is 24.5 Å². The summed E-state index contributed by atoms with van der Waals surface area (Å²) in [6.45, 7) is 5.25. The third-order valence-corrected chi connectivity index (χ3v) is 3.27. The van der Waals surface area contributed by atoms with Gasteiger partial charge in [0.2, 0.25) is 0 Å². The number of hydrogen-bond acceptors (Lipinski definition) is 4. The molecule has 1 unspecified atom stereocenters. The third kappa shape index (κ3) is 2.96. The quantitative estimate of drug-likeness (QED) is 0.881. The molecule has 0 fully saturated rings. The zero-order valence-electron chi connectivity index (χ0n) is 11.9. The van der Waals surface area contributed by atoms with Crippen molar-refractivity contribution in [2.45, 2.75) is 33.0 Å². The van der Waals surface area contributed by atoms with Crippen molar-refractivity contribution < 1.29 is 9.13 Å². The fourth-order valence-corrected chi connectivity index (χ4v) is 2.14. The van der Waals surface area contributed by atoms with Crippen LogP contribution >= 0.6 is 0 Å². The summed E-state index contributed by atoms with van der Waals surface area (Å²) in [5, 5.41) is 11.2. The van der Waals surface area contributed by atoms with Crippen LogP contribution in [-0.2, 0) is 13.1 Å². The molecule has 0 aliphatic rings. The molecule has 0 saturated heterocycles. The number of nitrogens with one attached hydrogen (secondary N) is 1. The standard InChI is InChI=1S/C14H19FN4O/c1-4-19-9-17-18-13(19)8-16-10(2)14-11(15)6-5-7-12(14)20-3/h5-7,9-10,16H,4,8H2,1-3H3. The van der Waals surface area contributed by atoms with Gasteiger partial charge in [-0.15, -0.1) is 10.2 Å². The average Bonchev–Trinajstić information content (AvgIpc) is 2.91. The highest BCUT2D eigenvalue weighted by Gasteiger charge is 2.16. The van der Waals surface area contributed by atoms with E-state index in [2.05, 4.69) is 15.5 Å². The molecule has 0 spiro atoms. The Bertz CT molecular complexity index is 570. The number of benzene rings is 1. The molecule has 0 radical (unpaired) electrons. The van der Waals surface area contributed by atoms with Crippen LogP contribution in [-0.4, -0.2) is 21.9 Å². The number of hydrogen-bond donors (Lipinski definition) is 1. The largest absolute Gasteiger partial charge is 0.496 e. The summed E-state index contributed by atoms with van der Waals surface area (Å²) >= 11 is 0. The van der Waals surface area contributed by atoms with E-state index in [1.807, 2.05) is 18.4 Å². The van der Waals surface area contributed by atoms with E-state index in [0.29, 0.717) is 17.9 Å². The van der Waals surface area contributed by atoms with Gasteiger partial charge in [0.25, 0.3) is 0 Å². The molecule has 2 rings (SSSR count). The molecule has 0 bridgehead atoms. The Hall–Kier alpha value is -1.95. The van der Waals surface area contributed by atoms with Gasteiger partial charge in [-0.3, -0.25) is 0 Å². The van der Waals surface area contributed by atoms with E-state index in [4.69, 9.17) is 4.74 Å². The van der Waals surface area contributed by atoms with Crippen LogP contribution in [0.3, 0.4) is 0 Å². The molecule has 20 heavy (non-hydrogen) atoms. The second kappa shape index (κ2) is 6.47. The first-order chi connectivity index (χ1) is 9.67. The van der Waals surface area contributed by atoms with Gasteiger partial charge < -0.3 is 14.6 Å². The van der Waals surface area contributed by atoms with Crippen LogP contribution in [0.5, 0.6) is 5.75 Å². The van der Waals surface area contributed by atoms with Crippen LogP contribution in [0.1, 0.15) is 31.3 Å². The predicted molar refractivity (Wildman–Crippen MR) is 73.9 cm³/mol. The summed E-state index contributed by atoms with van der Waals surface area (Å²) in [7, 11) is 1.54. The van der Waals surface area contributed by atoms with E-state index in [9.17, 15) is 4.39 Å². The molecular weight excluding hydrogens is 259 g/mol. The molecule has 6 heteroatoms. The zero-order chi connectivity index (χ0) is 14.5. The molecule has 0 saturated carbocycles. The summed E-state index contributed by atoms with van der Waals surface area (Å²) in [5.74, 6) is 1.10. The Morgan fingerprint density at radius 3 is 2.95 bits per heavy atom. The van der Waals surface area contributed by atoms with Crippen LogP contribution in [0.25, 0.3) is 0 Å². The molecule has 1 N–H and O–H groups in total. The van der Waals surface area contributed by atoms with Crippen molar-refractivity contribution in [3.8, 4) is 5.75 Å². The fraction of sp³-hybridized carbons (Fsp3) is 0.429. The number of methoxy groups -OCH3 is 1. The van der Waals surface area contributed by atoms with Gasteiger partial charge in [-0.05, 0) is 26.0 Å². The van der Waals surface area contributed by atoms with Crippen molar-refractivity contribution >= 4 is 0 Å². The Balaban J connectivity index is 2.11. The topological polar surface area (TPSA) is 52.0 Å². The number of ether oxygens (including phenoxy) is 1. The fourth-order valence-electron chi connectivity index (χ4n) is 2.14. The second-order valence-electron chi connectivity index (χ2n) is 4.49. The summed E-state index contributed by atoms with van der Waals surface area (Å²) in [6, 6.07) is 4.64. The van der Waals surface area contributed by atoms with E-state index < -0.39 is 0 Å². The molecule has 1 heterocycles. The molecule has 1 aromatic heterocycles. The van der Waals surface area contributed by atoms with Crippen LogP contribution < -0.4 is 10.1 Å². The number of rotatable bonds is 6. The van der Waals surface area contributed by atoms with Gasteiger partial charge in [-0.25, -0.2) is 4.39 Å². The smallest absolute Gasteiger partial charge is 0.146 e. The van der Waals surface area contributed by atoms with Gasteiger partial charge in [0.1, 0.15) is 23.7 Å². The molecule has 1 aromatic carbocycles. The van der Waals surface area contributed by atoms with E-state index in [1.54, 1.807) is 25.6 Å². The summed E-state index contributed by atoms with van der Waals surface area (Å²) in [5.41, 5.74) is 0.526. The van der Waals surface area contributed by atoms with E-state index in [1.165, 1.54) is 6.07 Å². The molecule has 1 atom stereocenters. The van der Waals surface area contributed by atoms with Gasteiger partial charge in [-0.1, -0.05) is 6.07 Å². The summed E-state index contributed by atoms with van der Waals surface area (Å²) in [6.07, 6.45) is 1.69.